The van der Waals surface area contributed by atoms with Crippen molar-refractivity contribution < 1.29 is 19.8 Å². The summed E-state index contributed by atoms with van der Waals surface area (Å²) in [4.78, 5) is 27.9. The Morgan fingerprint density at radius 1 is 1.19 bits per heavy atom. The van der Waals surface area contributed by atoms with Gasteiger partial charge in [0.15, 0.2) is 5.82 Å². The zero-order valence-electron chi connectivity index (χ0n) is 13.7. The maximum atomic E-state index is 11.7. The highest BCUT2D eigenvalue weighted by atomic mass is 16.6. The SMILES string of the molecule is C1COCCO1.O=Nc1[nH]c(=O)c(/C=C(\O)c2ccccc2)nc1NO. The van der Waals surface area contributed by atoms with Crippen LogP contribution in [0.25, 0.3) is 11.8 Å². The summed E-state index contributed by atoms with van der Waals surface area (Å²) < 4.78 is 9.89. The summed E-state index contributed by atoms with van der Waals surface area (Å²) in [6, 6.07) is 8.51. The number of nitrogens with zero attached hydrogens (tertiary/aromatic N) is 2. The molecule has 1 fully saturated rings. The monoisotopic (exact) mass is 362 g/mol. The average Bonchev–Trinajstić information content (AvgIpc) is 2.71. The molecule has 138 valence electrons. The molecule has 1 saturated heterocycles. The fourth-order valence-corrected chi connectivity index (χ4v) is 1.96. The van der Waals surface area contributed by atoms with E-state index in [1.165, 1.54) is 0 Å². The average molecular weight is 362 g/mol. The Labute approximate surface area is 148 Å². The lowest BCUT2D eigenvalue weighted by Crippen LogP contribution is -2.16. The molecule has 1 aliphatic rings. The van der Waals surface area contributed by atoms with Gasteiger partial charge in [-0.25, -0.2) is 10.5 Å². The predicted molar refractivity (Wildman–Crippen MR) is 94.3 cm³/mol. The molecule has 0 bridgehead atoms. The number of rotatable bonds is 4. The molecule has 2 heterocycles. The minimum absolute atomic E-state index is 0.181. The van der Waals surface area contributed by atoms with Crippen molar-refractivity contribution in [2.45, 2.75) is 0 Å². The highest BCUT2D eigenvalue weighted by Gasteiger charge is 2.10. The van der Waals surface area contributed by atoms with Crippen molar-refractivity contribution in [1.29, 1.82) is 0 Å². The largest absolute Gasteiger partial charge is 0.507 e. The van der Waals surface area contributed by atoms with Gasteiger partial charge in [0.2, 0.25) is 5.82 Å². The van der Waals surface area contributed by atoms with Gasteiger partial charge in [-0.2, -0.15) is 0 Å². The Kier molecular flexibility index (Phi) is 7.43. The lowest BCUT2D eigenvalue weighted by molar-refractivity contribution is -0.0334. The summed E-state index contributed by atoms with van der Waals surface area (Å²) in [6.45, 7) is 3.11. The molecule has 10 nitrogen and oxygen atoms in total. The molecule has 0 radical (unpaired) electrons. The number of nitrogens with one attached hydrogen (secondary N) is 2. The normalized spacial score (nSPS) is 14.1. The molecule has 1 aliphatic heterocycles. The highest BCUT2D eigenvalue weighted by molar-refractivity contribution is 5.75. The Morgan fingerprint density at radius 2 is 1.81 bits per heavy atom. The third kappa shape index (κ3) is 5.48. The fraction of sp³-hybridized carbons (Fsp3) is 0.250. The van der Waals surface area contributed by atoms with Gasteiger partial charge in [0.1, 0.15) is 11.5 Å². The van der Waals surface area contributed by atoms with Crippen LogP contribution in [0.4, 0.5) is 11.6 Å². The van der Waals surface area contributed by atoms with E-state index in [-0.39, 0.29) is 17.3 Å². The van der Waals surface area contributed by atoms with Gasteiger partial charge >= 0.3 is 0 Å². The molecule has 1 aromatic carbocycles. The second kappa shape index (κ2) is 10.0. The number of ether oxygens (including phenoxy) is 2. The topological polar surface area (TPSA) is 146 Å². The van der Waals surface area contributed by atoms with Crippen LogP contribution < -0.4 is 11.0 Å². The second-order valence-corrected chi connectivity index (χ2v) is 4.97. The van der Waals surface area contributed by atoms with Crippen molar-refractivity contribution in [3.8, 4) is 0 Å². The number of H-pyrrole nitrogens is 1. The van der Waals surface area contributed by atoms with Crippen molar-refractivity contribution in [2.24, 2.45) is 5.18 Å². The Bertz CT molecular complexity index is 791. The van der Waals surface area contributed by atoms with Crippen LogP contribution in [-0.2, 0) is 9.47 Å². The number of nitroso groups, excluding NO2 is 1. The minimum atomic E-state index is -0.721. The number of benzene rings is 1. The molecular formula is C16H18N4O6. The number of hydrogen-bond acceptors (Lipinski definition) is 9. The zero-order chi connectivity index (χ0) is 18.8. The van der Waals surface area contributed by atoms with E-state index in [4.69, 9.17) is 14.7 Å². The number of aliphatic hydroxyl groups is 1. The molecule has 0 aliphatic carbocycles. The van der Waals surface area contributed by atoms with Crippen LogP contribution in [0.5, 0.6) is 0 Å². The van der Waals surface area contributed by atoms with Crippen molar-refractivity contribution in [1.82, 2.24) is 9.97 Å². The van der Waals surface area contributed by atoms with Crippen LogP contribution in [0.1, 0.15) is 11.3 Å². The number of aliphatic hydroxyl groups excluding tert-OH is 1. The smallest absolute Gasteiger partial charge is 0.275 e. The van der Waals surface area contributed by atoms with Crippen molar-refractivity contribution in [3.05, 3.63) is 56.9 Å². The van der Waals surface area contributed by atoms with Crippen LogP contribution in [0.2, 0.25) is 0 Å². The van der Waals surface area contributed by atoms with E-state index in [9.17, 15) is 14.8 Å². The molecule has 2 aromatic rings. The first kappa shape index (κ1) is 19.2. The van der Waals surface area contributed by atoms with E-state index in [2.05, 4.69) is 15.1 Å². The van der Waals surface area contributed by atoms with Crippen LogP contribution in [0.15, 0.2) is 40.3 Å². The van der Waals surface area contributed by atoms with Crippen molar-refractivity contribution >= 4 is 23.5 Å². The molecule has 1 aromatic heterocycles. The molecule has 26 heavy (non-hydrogen) atoms. The van der Waals surface area contributed by atoms with Crippen molar-refractivity contribution in [2.75, 3.05) is 31.9 Å². The van der Waals surface area contributed by atoms with Crippen molar-refractivity contribution in [3.63, 3.8) is 0 Å². The summed E-state index contributed by atoms with van der Waals surface area (Å²) in [7, 11) is 0. The summed E-state index contributed by atoms with van der Waals surface area (Å²) >= 11 is 0. The molecule has 0 spiro atoms. The predicted octanol–water partition coefficient (Wildman–Crippen LogP) is 2.06. The Balaban J connectivity index is 0.000000342. The second-order valence-electron chi connectivity index (χ2n) is 4.97. The quantitative estimate of drug-likeness (QED) is 0.367. The number of aromatic amines is 1. The maximum absolute atomic E-state index is 11.7. The van der Waals surface area contributed by atoms with Crippen LogP contribution in [0.3, 0.4) is 0 Å². The third-order valence-electron chi connectivity index (χ3n) is 3.21. The first-order chi connectivity index (χ1) is 12.7. The van der Waals surface area contributed by atoms with Gasteiger partial charge in [-0.15, -0.1) is 4.91 Å². The first-order valence-corrected chi connectivity index (χ1v) is 7.65. The van der Waals surface area contributed by atoms with E-state index < -0.39 is 11.4 Å². The molecule has 0 amide bonds. The molecule has 0 unspecified atom stereocenters. The van der Waals surface area contributed by atoms with Gasteiger partial charge in [0, 0.05) is 11.6 Å². The van der Waals surface area contributed by atoms with Crippen LogP contribution >= 0.6 is 0 Å². The Morgan fingerprint density at radius 3 is 2.31 bits per heavy atom. The molecule has 3 rings (SSSR count). The fourth-order valence-electron chi connectivity index (χ4n) is 1.96. The van der Waals surface area contributed by atoms with Gasteiger partial charge in [0.25, 0.3) is 5.56 Å². The van der Waals surface area contributed by atoms with Crippen LogP contribution in [0, 0.1) is 4.91 Å². The number of aromatic nitrogens is 2. The van der Waals surface area contributed by atoms with E-state index in [0.717, 1.165) is 32.5 Å². The standard InChI is InChI=1S/C12H10N4O4.C4H8O2/c17-9(7-4-2-1-3-5-7)6-8-12(18)14-11(16-20)10(13-8)15-19;1-2-6-4-3-5-1/h1-6,17,19H,(H,13,15)(H,14,18);1-4H2/b9-6-;. The number of hydrogen-bond donors (Lipinski definition) is 4. The summed E-state index contributed by atoms with van der Waals surface area (Å²) in [5.41, 5.74) is 1.23. The van der Waals surface area contributed by atoms with Gasteiger partial charge in [-0.1, -0.05) is 30.3 Å². The van der Waals surface area contributed by atoms with Gasteiger partial charge in [-0.05, 0) is 5.18 Å². The molecule has 0 atom stereocenters. The summed E-state index contributed by atoms with van der Waals surface area (Å²) in [5.74, 6) is -0.931. The number of anilines is 1. The zero-order valence-corrected chi connectivity index (χ0v) is 13.7. The molecular weight excluding hydrogens is 344 g/mol. The van der Waals surface area contributed by atoms with E-state index >= 15 is 0 Å². The van der Waals surface area contributed by atoms with Gasteiger partial charge in [-0.3, -0.25) is 15.0 Å². The maximum Gasteiger partial charge on any atom is 0.275 e. The lowest BCUT2D eigenvalue weighted by Gasteiger charge is -2.09. The minimum Gasteiger partial charge on any atom is -0.507 e. The Hall–Kier alpha value is -3.08. The third-order valence-corrected chi connectivity index (χ3v) is 3.21. The summed E-state index contributed by atoms with van der Waals surface area (Å²) in [5, 5.41) is 21.2. The van der Waals surface area contributed by atoms with Gasteiger partial charge < -0.3 is 14.6 Å². The van der Waals surface area contributed by atoms with E-state index in [1.54, 1.807) is 35.8 Å². The lowest BCUT2D eigenvalue weighted by atomic mass is 10.1. The molecule has 4 N–H and O–H groups in total. The van der Waals surface area contributed by atoms with Crippen LogP contribution in [-0.4, -0.2) is 46.7 Å². The molecule has 0 saturated carbocycles. The first-order valence-electron chi connectivity index (χ1n) is 7.65. The van der Waals surface area contributed by atoms with E-state index in [0.29, 0.717) is 5.56 Å². The highest BCUT2D eigenvalue weighted by Crippen LogP contribution is 2.18. The van der Waals surface area contributed by atoms with Gasteiger partial charge in [0.05, 0.1) is 26.4 Å². The van der Waals surface area contributed by atoms with E-state index in [1.807, 2.05) is 0 Å². The molecule has 10 heteroatoms. The summed E-state index contributed by atoms with van der Waals surface area (Å²) in [6.07, 6.45) is 1.11.